The number of benzene rings is 1. The van der Waals surface area contributed by atoms with Gasteiger partial charge in [-0.05, 0) is 51.8 Å². The highest BCUT2D eigenvalue weighted by Crippen LogP contribution is 2.19. The van der Waals surface area contributed by atoms with Crippen LogP contribution in [0.15, 0.2) is 18.2 Å². The first-order valence-corrected chi connectivity index (χ1v) is 6.63. The number of carbonyl (C=O) groups is 1. The lowest BCUT2D eigenvalue weighted by Gasteiger charge is -2.31. The van der Waals surface area contributed by atoms with Crippen molar-refractivity contribution in [3.8, 4) is 0 Å². The first-order valence-electron chi connectivity index (χ1n) is 6.63. The second-order valence-electron chi connectivity index (χ2n) is 5.83. The van der Waals surface area contributed by atoms with Gasteiger partial charge in [-0.1, -0.05) is 12.1 Å². The number of carbonyl (C=O) groups excluding carboxylic acids is 1. The maximum Gasteiger partial charge on any atom is 0.338 e. The summed E-state index contributed by atoms with van der Waals surface area (Å²) in [5, 5.41) is 18.2. The summed E-state index contributed by atoms with van der Waals surface area (Å²) in [6, 6.07) is 4.93. The molecule has 1 aromatic rings. The van der Waals surface area contributed by atoms with E-state index in [2.05, 4.69) is 4.74 Å². The Balaban J connectivity index is 0.000000433. The third-order valence-electron chi connectivity index (χ3n) is 3.49. The molecule has 0 saturated heterocycles. The molecular weight excluding hydrogens is 275 g/mol. The Morgan fingerprint density at radius 2 is 1.67 bits per heavy atom. The van der Waals surface area contributed by atoms with Crippen LogP contribution in [0, 0.1) is 6.92 Å². The van der Waals surface area contributed by atoms with Gasteiger partial charge < -0.3 is 14.9 Å². The van der Waals surface area contributed by atoms with Gasteiger partial charge in [-0.15, -0.1) is 0 Å². The molecule has 0 heterocycles. The Morgan fingerprint density at radius 1 is 1.19 bits per heavy atom. The van der Waals surface area contributed by atoms with Crippen LogP contribution in [0.3, 0.4) is 0 Å². The van der Waals surface area contributed by atoms with Crippen LogP contribution in [0.4, 0.5) is 4.39 Å². The topological polar surface area (TPSA) is 66.8 Å². The number of alkyl halides is 1. The van der Waals surface area contributed by atoms with E-state index in [1.165, 1.54) is 7.11 Å². The van der Waals surface area contributed by atoms with Gasteiger partial charge in [-0.2, -0.15) is 0 Å². The average molecular weight is 300 g/mol. The molecule has 0 bridgehead atoms. The third-order valence-corrected chi connectivity index (χ3v) is 3.49. The van der Waals surface area contributed by atoms with E-state index >= 15 is 0 Å². The average Bonchev–Trinajstić information content (AvgIpc) is 2.36. The molecular formula is C16H25FO4. The molecule has 4 nitrogen and oxygen atoms in total. The van der Waals surface area contributed by atoms with Gasteiger partial charge in [-0.25, -0.2) is 9.18 Å². The standard InChI is InChI=1S/C10H11FO2.C6H14O2/c1-7-8(6-11)4-3-5-9(7)10(12)13-2;1-5(2,7)6(3,4)8/h3-5H,6H2,1-2H3;7-8H,1-4H3. The van der Waals surface area contributed by atoms with Crippen molar-refractivity contribution in [2.75, 3.05) is 7.11 Å². The number of halogens is 1. The van der Waals surface area contributed by atoms with E-state index in [0.29, 0.717) is 16.7 Å². The summed E-state index contributed by atoms with van der Waals surface area (Å²) in [5.74, 6) is -0.423. The molecule has 0 aromatic heterocycles. The van der Waals surface area contributed by atoms with E-state index in [0.717, 1.165) is 0 Å². The molecule has 1 rings (SSSR count). The Labute approximate surface area is 125 Å². The molecule has 0 amide bonds. The zero-order chi connectivity index (χ0) is 16.8. The predicted molar refractivity (Wildman–Crippen MR) is 79.9 cm³/mol. The van der Waals surface area contributed by atoms with Gasteiger partial charge in [0.15, 0.2) is 0 Å². The van der Waals surface area contributed by atoms with Crippen molar-refractivity contribution in [2.45, 2.75) is 52.5 Å². The van der Waals surface area contributed by atoms with Gasteiger partial charge in [0.25, 0.3) is 0 Å². The summed E-state index contributed by atoms with van der Waals surface area (Å²) in [7, 11) is 1.31. The highest BCUT2D eigenvalue weighted by Gasteiger charge is 2.31. The Bertz CT molecular complexity index is 458. The minimum atomic E-state index is -1.01. The van der Waals surface area contributed by atoms with Crippen LogP contribution in [-0.4, -0.2) is 34.5 Å². The second kappa shape index (κ2) is 7.52. The Kier molecular flexibility index (Phi) is 7.00. The van der Waals surface area contributed by atoms with Crippen LogP contribution in [0.5, 0.6) is 0 Å². The SMILES string of the molecule is CC(C)(O)C(C)(C)O.COC(=O)c1cccc(CF)c1C. The first kappa shape index (κ1) is 19.5. The Hall–Kier alpha value is -1.46. The summed E-state index contributed by atoms with van der Waals surface area (Å²) in [6.45, 7) is 7.46. The quantitative estimate of drug-likeness (QED) is 0.842. The van der Waals surface area contributed by atoms with Crippen LogP contribution >= 0.6 is 0 Å². The molecule has 0 spiro atoms. The van der Waals surface area contributed by atoms with Gasteiger partial charge >= 0.3 is 5.97 Å². The lowest BCUT2D eigenvalue weighted by atomic mass is 9.90. The van der Waals surface area contributed by atoms with Gasteiger partial charge in [0.1, 0.15) is 6.67 Å². The summed E-state index contributed by atoms with van der Waals surface area (Å²) in [5.41, 5.74) is -0.405. The second-order valence-corrected chi connectivity index (χ2v) is 5.83. The maximum atomic E-state index is 12.4. The van der Waals surface area contributed by atoms with E-state index < -0.39 is 23.8 Å². The number of hydrogen-bond acceptors (Lipinski definition) is 4. The summed E-state index contributed by atoms with van der Waals surface area (Å²) in [4.78, 5) is 11.2. The third kappa shape index (κ3) is 5.81. The Morgan fingerprint density at radius 3 is 2.00 bits per heavy atom. The number of aliphatic hydroxyl groups is 2. The summed E-state index contributed by atoms with van der Waals surface area (Å²) < 4.78 is 16.9. The zero-order valence-electron chi connectivity index (χ0n) is 13.5. The molecule has 0 atom stereocenters. The summed E-state index contributed by atoms with van der Waals surface area (Å²) in [6.07, 6.45) is 0. The molecule has 0 unspecified atom stereocenters. The molecule has 0 aliphatic heterocycles. The van der Waals surface area contributed by atoms with E-state index in [9.17, 15) is 9.18 Å². The van der Waals surface area contributed by atoms with Crippen molar-refractivity contribution in [1.82, 2.24) is 0 Å². The molecule has 0 fully saturated rings. The number of rotatable bonds is 3. The first-order chi connectivity index (χ1) is 9.45. The van der Waals surface area contributed by atoms with Crippen LogP contribution in [0.1, 0.15) is 49.2 Å². The minimum Gasteiger partial charge on any atom is -0.465 e. The molecule has 5 heteroatoms. The molecule has 120 valence electrons. The fraction of sp³-hybridized carbons (Fsp3) is 0.562. The molecule has 2 N–H and O–H groups in total. The summed E-state index contributed by atoms with van der Waals surface area (Å²) >= 11 is 0. The monoisotopic (exact) mass is 300 g/mol. The highest BCUT2D eigenvalue weighted by molar-refractivity contribution is 5.91. The number of esters is 1. The smallest absolute Gasteiger partial charge is 0.338 e. The molecule has 1 aromatic carbocycles. The molecule has 0 aliphatic carbocycles. The van der Waals surface area contributed by atoms with Crippen LogP contribution in [-0.2, 0) is 11.4 Å². The fourth-order valence-electron chi connectivity index (χ4n) is 1.16. The zero-order valence-corrected chi connectivity index (χ0v) is 13.5. The van der Waals surface area contributed by atoms with Crippen molar-refractivity contribution >= 4 is 5.97 Å². The lowest BCUT2D eigenvalue weighted by molar-refractivity contribution is -0.107. The number of methoxy groups -OCH3 is 1. The van der Waals surface area contributed by atoms with E-state index in [4.69, 9.17) is 10.2 Å². The van der Waals surface area contributed by atoms with E-state index in [-0.39, 0.29) is 0 Å². The predicted octanol–water partition coefficient (Wildman–Crippen LogP) is 2.78. The van der Waals surface area contributed by atoms with Gasteiger partial charge in [0.2, 0.25) is 0 Å². The fourth-order valence-corrected chi connectivity index (χ4v) is 1.16. The van der Waals surface area contributed by atoms with Crippen molar-refractivity contribution in [3.05, 3.63) is 34.9 Å². The molecule has 0 saturated carbocycles. The van der Waals surface area contributed by atoms with Gasteiger partial charge in [0, 0.05) is 0 Å². The van der Waals surface area contributed by atoms with Gasteiger partial charge in [-0.3, -0.25) is 0 Å². The van der Waals surface area contributed by atoms with Crippen LogP contribution in [0.25, 0.3) is 0 Å². The maximum absolute atomic E-state index is 12.4. The number of ether oxygens (including phenoxy) is 1. The van der Waals surface area contributed by atoms with Crippen molar-refractivity contribution in [2.24, 2.45) is 0 Å². The van der Waals surface area contributed by atoms with Crippen molar-refractivity contribution in [3.63, 3.8) is 0 Å². The van der Waals surface area contributed by atoms with E-state index in [1.54, 1.807) is 52.8 Å². The van der Waals surface area contributed by atoms with E-state index in [1.807, 2.05) is 0 Å². The van der Waals surface area contributed by atoms with Crippen LogP contribution < -0.4 is 0 Å². The number of hydrogen-bond donors (Lipinski definition) is 2. The van der Waals surface area contributed by atoms with Crippen LogP contribution in [0.2, 0.25) is 0 Å². The minimum absolute atomic E-state index is 0.423. The molecule has 21 heavy (non-hydrogen) atoms. The highest BCUT2D eigenvalue weighted by atomic mass is 19.1. The van der Waals surface area contributed by atoms with Crippen molar-refractivity contribution < 1.29 is 24.1 Å². The molecule has 0 aliphatic rings. The van der Waals surface area contributed by atoms with Crippen molar-refractivity contribution in [1.29, 1.82) is 0 Å². The normalized spacial score (nSPS) is 11.5. The van der Waals surface area contributed by atoms with Gasteiger partial charge in [0.05, 0.1) is 23.9 Å². The molecule has 0 radical (unpaired) electrons. The lowest BCUT2D eigenvalue weighted by Crippen LogP contribution is -2.44. The largest absolute Gasteiger partial charge is 0.465 e.